The van der Waals surface area contributed by atoms with Crippen LogP contribution in [0, 0.1) is 6.92 Å². The van der Waals surface area contributed by atoms with Crippen LogP contribution in [0.15, 0.2) is 30.6 Å². The van der Waals surface area contributed by atoms with Gasteiger partial charge in [0.1, 0.15) is 23.6 Å². The fourth-order valence-electron chi connectivity index (χ4n) is 3.55. The molecule has 35 heavy (non-hydrogen) atoms. The third-order valence-electron chi connectivity index (χ3n) is 5.32. The van der Waals surface area contributed by atoms with Crippen molar-refractivity contribution in [2.45, 2.75) is 59.0 Å². The van der Waals surface area contributed by atoms with E-state index in [-0.39, 0.29) is 12.7 Å². The standard InChI is InChI=1S/C23H25F3N6O3/c1-14-18(32(30-29-14)17-5-6-19(27-11-17)23(24,25)26)13-34-20-9-15-7-8-31(12-16(15)10-28-20)21(33)35-22(2,3)4/h5-6,9-11H,7-8,12-13H2,1-4H3. The number of amides is 1. The van der Waals surface area contributed by atoms with Crippen molar-refractivity contribution in [3.63, 3.8) is 0 Å². The van der Waals surface area contributed by atoms with Gasteiger partial charge < -0.3 is 14.4 Å². The lowest BCUT2D eigenvalue weighted by Crippen LogP contribution is -2.39. The lowest BCUT2D eigenvalue weighted by molar-refractivity contribution is -0.141. The number of hydrogen-bond acceptors (Lipinski definition) is 7. The molecule has 0 bridgehead atoms. The first kappa shape index (κ1) is 24.4. The Morgan fingerprint density at radius 2 is 1.89 bits per heavy atom. The number of carbonyl (C=O) groups excluding carboxylic acids is 1. The highest BCUT2D eigenvalue weighted by molar-refractivity contribution is 5.68. The molecule has 0 N–H and O–H groups in total. The van der Waals surface area contributed by atoms with Crippen LogP contribution in [0.4, 0.5) is 18.0 Å². The van der Waals surface area contributed by atoms with Crippen LogP contribution in [-0.4, -0.2) is 48.1 Å². The van der Waals surface area contributed by atoms with Crippen LogP contribution < -0.4 is 4.74 Å². The van der Waals surface area contributed by atoms with E-state index in [1.807, 2.05) is 26.8 Å². The highest BCUT2D eigenvalue weighted by Gasteiger charge is 2.32. The molecule has 0 saturated carbocycles. The Balaban J connectivity index is 1.44. The number of rotatable bonds is 4. The van der Waals surface area contributed by atoms with Crippen LogP contribution in [0.25, 0.3) is 5.69 Å². The smallest absolute Gasteiger partial charge is 0.433 e. The number of halogens is 3. The molecule has 1 aliphatic rings. The maximum atomic E-state index is 12.8. The van der Waals surface area contributed by atoms with Crippen molar-refractivity contribution < 1.29 is 27.4 Å². The predicted molar refractivity (Wildman–Crippen MR) is 118 cm³/mol. The number of aromatic nitrogens is 5. The van der Waals surface area contributed by atoms with Gasteiger partial charge in [0.25, 0.3) is 0 Å². The maximum Gasteiger partial charge on any atom is 0.433 e. The minimum absolute atomic E-state index is 0.0513. The summed E-state index contributed by atoms with van der Waals surface area (Å²) in [6, 6.07) is 3.99. The van der Waals surface area contributed by atoms with Gasteiger partial charge in [-0.25, -0.2) is 19.4 Å². The largest absolute Gasteiger partial charge is 0.471 e. The van der Waals surface area contributed by atoms with Gasteiger partial charge in [-0.2, -0.15) is 13.2 Å². The summed E-state index contributed by atoms with van der Waals surface area (Å²) in [7, 11) is 0. The Labute approximate surface area is 199 Å². The Kier molecular flexibility index (Phi) is 6.39. The molecule has 0 unspecified atom stereocenters. The van der Waals surface area contributed by atoms with Gasteiger partial charge in [0.15, 0.2) is 0 Å². The van der Waals surface area contributed by atoms with Crippen LogP contribution in [0.5, 0.6) is 5.88 Å². The van der Waals surface area contributed by atoms with Gasteiger partial charge in [-0.15, -0.1) is 5.10 Å². The maximum absolute atomic E-state index is 12.8. The molecule has 9 nitrogen and oxygen atoms in total. The van der Waals surface area contributed by atoms with Gasteiger partial charge in [-0.05, 0) is 57.4 Å². The number of carbonyl (C=O) groups is 1. The van der Waals surface area contributed by atoms with Crippen molar-refractivity contribution >= 4 is 6.09 Å². The van der Waals surface area contributed by atoms with E-state index < -0.39 is 17.5 Å². The average molecular weight is 490 g/mol. The summed E-state index contributed by atoms with van der Waals surface area (Å²) in [5, 5.41) is 8.02. The summed E-state index contributed by atoms with van der Waals surface area (Å²) in [4.78, 5) is 21.8. The summed E-state index contributed by atoms with van der Waals surface area (Å²) < 4.78 is 51.1. The first-order chi connectivity index (χ1) is 16.4. The number of pyridine rings is 2. The van der Waals surface area contributed by atoms with Gasteiger partial charge in [-0.1, -0.05) is 5.21 Å². The average Bonchev–Trinajstić information content (AvgIpc) is 3.15. The lowest BCUT2D eigenvalue weighted by Gasteiger charge is -2.31. The van der Waals surface area contributed by atoms with Crippen molar-refractivity contribution in [1.82, 2.24) is 29.9 Å². The number of hydrogen-bond donors (Lipinski definition) is 0. The molecular weight excluding hydrogens is 465 g/mol. The zero-order chi connectivity index (χ0) is 25.4. The molecule has 0 atom stereocenters. The van der Waals surface area contributed by atoms with E-state index in [1.54, 1.807) is 18.0 Å². The third-order valence-corrected chi connectivity index (χ3v) is 5.32. The lowest BCUT2D eigenvalue weighted by atomic mass is 10.0. The molecule has 0 spiro atoms. The van der Waals surface area contributed by atoms with E-state index in [0.29, 0.717) is 42.5 Å². The van der Waals surface area contributed by atoms with Crippen molar-refractivity contribution in [2.75, 3.05) is 6.54 Å². The third kappa shape index (κ3) is 5.69. The normalized spacial score (nSPS) is 14.0. The highest BCUT2D eigenvalue weighted by atomic mass is 19.4. The summed E-state index contributed by atoms with van der Waals surface area (Å²) in [6.45, 7) is 8.17. The van der Waals surface area contributed by atoms with Gasteiger partial charge in [-0.3, -0.25) is 0 Å². The molecule has 1 aliphatic heterocycles. The van der Waals surface area contributed by atoms with Crippen molar-refractivity contribution in [3.8, 4) is 11.6 Å². The van der Waals surface area contributed by atoms with E-state index in [1.165, 1.54) is 10.7 Å². The van der Waals surface area contributed by atoms with E-state index in [0.717, 1.165) is 23.4 Å². The van der Waals surface area contributed by atoms with Crippen molar-refractivity contribution in [3.05, 3.63) is 58.8 Å². The number of aryl methyl sites for hydroxylation is 1. The number of ether oxygens (including phenoxy) is 2. The minimum atomic E-state index is -4.52. The van der Waals surface area contributed by atoms with Crippen LogP contribution in [0.2, 0.25) is 0 Å². The monoisotopic (exact) mass is 490 g/mol. The molecule has 0 aliphatic carbocycles. The van der Waals surface area contributed by atoms with Crippen molar-refractivity contribution in [2.24, 2.45) is 0 Å². The molecule has 3 aromatic heterocycles. The highest BCUT2D eigenvalue weighted by Crippen LogP contribution is 2.28. The molecule has 0 saturated heterocycles. The van der Waals surface area contributed by atoms with Crippen LogP contribution in [0.3, 0.4) is 0 Å². The molecule has 1 amide bonds. The van der Waals surface area contributed by atoms with E-state index in [4.69, 9.17) is 9.47 Å². The van der Waals surface area contributed by atoms with Gasteiger partial charge >= 0.3 is 12.3 Å². The second-order valence-electron chi connectivity index (χ2n) is 9.16. The molecule has 0 radical (unpaired) electrons. The van der Waals surface area contributed by atoms with Crippen LogP contribution in [0.1, 0.15) is 49.0 Å². The number of fused-ring (bicyclic) bond motifs is 1. The second kappa shape index (κ2) is 9.16. The molecule has 4 heterocycles. The summed E-state index contributed by atoms with van der Waals surface area (Å²) in [5.41, 5.74) is 1.83. The Hall–Kier alpha value is -3.70. The topological polar surface area (TPSA) is 95.3 Å². The van der Waals surface area contributed by atoms with Crippen LogP contribution in [-0.2, 0) is 30.5 Å². The molecule has 0 fully saturated rings. The minimum Gasteiger partial charge on any atom is -0.471 e. The number of nitrogens with zero attached hydrogens (tertiary/aromatic N) is 6. The van der Waals surface area contributed by atoms with E-state index in [9.17, 15) is 18.0 Å². The Bertz CT molecular complexity index is 1220. The molecule has 3 aromatic rings. The summed E-state index contributed by atoms with van der Waals surface area (Å²) >= 11 is 0. The Morgan fingerprint density at radius 3 is 2.54 bits per heavy atom. The quantitative estimate of drug-likeness (QED) is 0.539. The molecule has 12 heteroatoms. The van der Waals surface area contributed by atoms with Crippen molar-refractivity contribution in [1.29, 1.82) is 0 Å². The fourth-order valence-corrected chi connectivity index (χ4v) is 3.55. The predicted octanol–water partition coefficient (Wildman–Crippen LogP) is 4.26. The SMILES string of the molecule is Cc1nnn(-c2ccc(C(F)(F)F)nc2)c1COc1cc2c(cn1)CN(C(=O)OC(C)(C)C)CC2. The van der Waals surface area contributed by atoms with E-state index >= 15 is 0 Å². The molecule has 4 rings (SSSR count). The van der Waals surface area contributed by atoms with Gasteiger partial charge in [0.05, 0.1) is 24.1 Å². The van der Waals surface area contributed by atoms with Crippen LogP contribution >= 0.6 is 0 Å². The first-order valence-corrected chi connectivity index (χ1v) is 10.9. The van der Waals surface area contributed by atoms with Gasteiger partial charge in [0, 0.05) is 18.8 Å². The zero-order valence-corrected chi connectivity index (χ0v) is 19.8. The molecule has 186 valence electrons. The summed E-state index contributed by atoms with van der Waals surface area (Å²) in [5.74, 6) is 0.382. The van der Waals surface area contributed by atoms with Gasteiger partial charge in [0.2, 0.25) is 5.88 Å². The molecule has 0 aromatic carbocycles. The zero-order valence-electron chi connectivity index (χ0n) is 19.8. The molecular formula is C23H25F3N6O3. The fraction of sp³-hybridized carbons (Fsp3) is 0.435. The number of alkyl halides is 3. The van der Waals surface area contributed by atoms with E-state index in [2.05, 4.69) is 20.3 Å². The Morgan fingerprint density at radius 1 is 1.11 bits per heavy atom. The second-order valence-corrected chi connectivity index (χ2v) is 9.16. The summed E-state index contributed by atoms with van der Waals surface area (Å²) in [6.07, 6.45) is -1.50. The first-order valence-electron chi connectivity index (χ1n) is 10.9.